The zero-order valence-corrected chi connectivity index (χ0v) is 13.4. The minimum atomic E-state index is -0.606. The highest BCUT2D eigenvalue weighted by atomic mass is 16.4. The van der Waals surface area contributed by atoms with Crippen LogP contribution < -0.4 is 5.63 Å². The van der Waals surface area contributed by atoms with Gasteiger partial charge in [0.05, 0.1) is 0 Å². The van der Waals surface area contributed by atoms with Crippen molar-refractivity contribution in [2.75, 3.05) is 6.54 Å². The van der Waals surface area contributed by atoms with E-state index in [1.807, 2.05) is 31.2 Å². The van der Waals surface area contributed by atoms with Gasteiger partial charge in [0.1, 0.15) is 11.1 Å². The van der Waals surface area contributed by atoms with Gasteiger partial charge < -0.3 is 9.32 Å². The van der Waals surface area contributed by atoms with E-state index in [0.29, 0.717) is 18.7 Å². The Bertz CT molecular complexity index is 903. The quantitative estimate of drug-likeness (QED) is 0.677. The monoisotopic (exact) mass is 322 g/mol. The summed E-state index contributed by atoms with van der Waals surface area (Å²) in [5.41, 5.74) is 0.856. The first-order valence-electron chi connectivity index (χ1n) is 7.90. The molecule has 0 aliphatic heterocycles. The van der Waals surface area contributed by atoms with Crippen LogP contribution in [0.15, 0.2) is 64.1 Å². The van der Waals surface area contributed by atoms with E-state index in [1.54, 1.807) is 35.5 Å². The Labute approximate surface area is 139 Å². The molecular formula is C19H18N2O3. The molecule has 122 valence electrons. The summed E-state index contributed by atoms with van der Waals surface area (Å²) >= 11 is 0. The molecule has 1 amide bonds. The second-order valence-electron chi connectivity index (χ2n) is 5.57. The lowest BCUT2D eigenvalue weighted by Gasteiger charge is -2.21. The van der Waals surface area contributed by atoms with Crippen LogP contribution in [0.3, 0.4) is 0 Å². The number of aromatic nitrogens is 1. The van der Waals surface area contributed by atoms with Gasteiger partial charge in [-0.05, 0) is 30.2 Å². The lowest BCUT2D eigenvalue weighted by Crippen LogP contribution is -2.34. The first-order valence-corrected chi connectivity index (χ1v) is 7.90. The van der Waals surface area contributed by atoms with Crippen molar-refractivity contribution >= 4 is 16.9 Å². The van der Waals surface area contributed by atoms with Crippen LogP contribution in [-0.2, 0) is 6.54 Å². The predicted molar refractivity (Wildman–Crippen MR) is 91.8 cm³/mol. The van der Waals surface area contributed by atoms with Gasteiger partial charge in [-0.3, -0.25) is 9.78 Å². The van der Waals surface area contributed by atoms with Gasteiger partial charge in [0.15, 0.2) is 0 Å². The minimum Gasteiger partial charge on any atom is -0.422 e. The lowest BCUT2D eigenvalue weighted by molar-refractivity contribution is 0.0739. The van der Waals surface area contributed by atoms with Crippen LogP contribution in [0, 0.1) is 0 Å². The standard InChI is InChI=1S/C19H18N2O3/c1-2-10-21(13-14-6-5-9-20-12-14)18(22)16-11-15-7-3-4-8-17(15)24-19(16)23/h3-9,11-12H,2,10,13H2,1H3. The first-order chi connectivity index (χ1) is 11.7. The van der Waals surface area contributed by atoms with Crippen molar-refractivity contribution in [1.82, 2.24) is 9.88 Å². The molecule has 3 rings (SSSR count). The van der Waals surface area contributed by atoms with Crippen LogP contribution in [0.2, 0.25) is 0 Å². The summed E-state index contributed by atoms with van der Waals surface area (Å²) in [4.78, 5) is 30.8. The summed E-state index contributed by atoms with van der Waals surface area (Å²) in [6.07, 6.45) is 4.21. The Morgan fingerprint density at radius 1 is 1.21 bits per heavy atom. The number of carbonyl (C=O) groups excluding carboxylic acids is 1. The highest BCUT2D eigenvalue weighted by molar-refractivity contribution is 5.96. The van der Waals surface area contributed by atoms with Crippen molar-refractivity contribution < 1.29 is 9.21 Å². The fourth-order valence-electron chi connectivity index (χ4n) is 2.62. The van der Waals surface area contributed by atoms with Gasteiger partial charge in [0, 0.05) is 30.9 Å². The SMILES string of the molecule is CCCN(Cc1cccnc1)C(=O)c1cc2ccccc2oc1=O. The van der Waals surface area contributed by atoms with E-state index in [-0.39, 0.29) is 11.5 Å². The van der Waals surface area contributed by atoms with Gasteiger partial charge >= 0.3 is 5.63 Å². The summed E-state index contributed by atoms with van der Waals surface area (Å²) in [6, 6.07) is 12.5. The maximum atomic E-state index is 12.8. The van der Waals surface area contributed by atoms with Gasteiger partial charge in [-0.2, -0.15) is 0 Å². The predicted octanol–water partition coefficient (Wildman–Crippen LogP) is 3.24. The number of hydrogen-bond acceptors (Lipinski definition) is 4. The van der Waals surface area contributed by atoms with Crippen LogP contribution in [0.25, 0.3) is 11.0 Å². The minimum absolute atomic E-state index is 0.0611. The second-order valence-corrected chi connectivity index (χ2v) is 5.57. The number of carbonyl (C=O) groups is 1. The zero-order chi connectivity index (χ0) is 16.9. The molecule has 0 aliphatic rings. The molecule has 0 unspecified atom stereocenters. The molecule has 5 heteroatoms. The summed E-state index contributed by atoms with van der Waals surface area (Å²) in [5.74, 6) is -0.319. The van der Waals surface area contributed by atoms with Crippen molar-refractivity contribution in [3.05, 3.63) is 76.4 Å². The summed E-state index contributed by atoms with van der Waals surface area (Å²) in [5, 5.41) is 0.735. The number of nitrogens with zero attached hydrogens (tertiary/aromatic N) is 2. The highest BCUT2D eigenvalue weighted by Gasteiger charge is 2.20. The Hall–Kier alpha value is -2.95. The van der Waals surface area contributed by atoms with E-state index >= 15 is 0 Å². The number of hydrogen-bond donors (Lipinski definition) is 0. The second kappa shape index (κ2) is 7.08. The fraction of sp³-hybridized carbons (Fsp3) is 0.211. The molecule has 0 radical (unpaired) electrons. The van der Waals surface area contributed by atoms with E-state index in [0.717, 1.165) is 17.4 Å². The van der Waals surface area contributed by atoms with Crippen molar-refractivity contribution in [2.24, 2.45) is 0 Å². The molecule has 0 atom stereocenters. The third-order valence-corrected chi connectivity index (χ3v) is 3.75. The molecule has 0 bridgehead atoms. The normalized spacial score (nSPS) is 10.7. The number of para-hydroxylation sites is 1. The van der Waals surface area contributed by atoms with E-state index < -0.39 is 5.63 Å². The van der Waals surface area contributed by atoms with Crippen molar-refractivity contribution in [2.45, 2.75) is 19.9 Å². The third-order valence-electron chi connectivity index (χ3n) is 3.75. The van der Waals surface area contributed by atoms with Crippen molar-refractivity contribution in [3.8, 4) is 0 Å². The molecule has 0 saturated heterocycles. The molecule has 0 aliphatic carbocycles. The average Bonchev–Trinajstić information content (AvgIpc) is 2.61. The largest absolute Gasteiger partial charge is 0.422 e. The topological polar surface area (TPSA) is 63.4 Å². The van der Waals surface area contributed by atoms with Crippen LogP contribution in [0.1, 0.15) is 29.3 Å². The maximum Gasteiger partial charge on any atom is 0.349 e. The molecular weight excluding hydrogens is 304 g/mol. The van der Waals surface area contributed by atoms with Crippen molar-refractivity contribution in [1.29, 1.82) is 0 Å². The Morgan fingerprint density at radius 2 is 2.04 bits per heavy atom. The van der Waals surface area contributed by atoms with Gasteiger partial charge in [0.2, 0.25) is 0 Å². The Kier molecular flexibility index (Phi) is 4.70. The fourth-order valence-corrected chi connectivity index (χ4v) is 2.62. The molecule has 3 aromatic rings. The first kappa shape index (κ1) is 15.9. The number of benzene rings is 1. The lowest BCUT2D eigenvalue weighted by atomic mass is 10.1. The van der Waals surface area contributed by atoms with Gasteiger partial charge in [-0.15, -0.1) is 0 Å². The van der Waals surface area contributed by atoms with E-state index in [1.165, 1.54) is 0 Å². The smallest absolute Gasteiger partial charge is 0.349 e. The molecule has 0 spiro atoms. The van der Waals surface area contributed by atoms with Crippen LogP contribution in [-0.4, -0.2) is 22.3 Å². The summed E-state index contributed by atoms with van der Waals surface area (Å²) < 4.78 is 5.28. The van der Waals surface area contributed by atoms with Gasteiger partial charge in [-0.1, -0.05) is 31.2 Å². The number of amides is 1. The Balaban J connectivity index is 1.95. The van der Waals surface area contributed by atoms with Crippen LogP contribution >= 0.6 is 0 Å². The van der Waals surface area contributed by atoms with Gasteiger partial charge in [-0.25, -0.2) is 4.79 Å². The molecule has 2 aromatic heterocycles. The molecule has 1 aromatic carbocycles. The van der Waals surface area contributed by atoms with E-state index in [2.05, 4.69) is 4.98 Å². The zero-order valence-electron chi connectivity index (χ0n) is 13.4. The summed E-state index contributed by atoms with van der Waals surface area (Å²) in [6.45, 7) is 2.96. The summed E-state index contributed by atoms with van der Waals surface area (Å²) in [7, 11) is 0. The van der Waals surface area contributed by atoms with E-state index in [4.69, 9.17) is 4.42 Å². The highest BCUT2D eigenvalue weighted by Crippen LogP contribution is 2.15. The van der Waals surface area contributed by atoms with E-state index in [9.17, 15) is 9.59 Å². The molecule has 0 N–H and O–H groups in total. The Morgan fingerprint density at radius 3 is 2.79 bits per heavy atom. The number of fused-ring (bicyclic) bond motifs is 1. The average molecular weight is 322 g/mol. The number of rotatable bonds is 5. The maximum absolute atomic E-state index is 12.8. The third kappa shape index (κ3) is 3.35. The number of pyridine rings is 1. The molecule has 0 saturated carbocycles. The molecule has 5 nitrogen and oxygen atoms in total. The van der Waals surface area contributed by atoms with Crippen LogP contribution in [0.5, 0.6) is 0 Å². The van der Waals surface area contributed by atoms with Crippen LogP contribution in [0.4, 0.5) is 0 Å². The molecule has 24 heavy (non-hydrogen) atoms. The van der Waals surface area contributed by atoms with Crippen molar-refractivity contribution in [3.63, 3.8) is 0 Å². The molecule has 2 heterocycles. The van der Waals surface area contributed by atoms with Gasteiger partial charge in [0.25, 0.3) is 5.91 Å². The molecule has 0 fully saturated rings.